The smallest absolute Gasteiger partial charge is 0.287 e. The van der Waals surface area contributed by atoms with Crippen molar-refractivity contribution in [3.05, 3.63) is 23.7 Å². The van der Waals surface area contributed by atoms with Gasteiger partial charge in [0, 0.05) is 6.54 Å². The minimum Gasteiger partial charge on any atom is -0.455 e. The van der Waals surface area contributed by atoms with Crippen LogP contribution >= 0.6 is 0 Å². The van der Waals surface area contributed by atoms with E-state index in [2.05, 4.69) is 5.32 Å². The van der Waals surface area contributed by atoms with Crippen molar-refractivity contribution < 1.29 is 17.6 Å². The molecule has 2 heterocycles. The fourth-order valence-electron chi connectivity index (χ4n) is 1.97. The quantitative estimate of drug-likeness (QED) is 0.797. The summed E-state index contributed by atoms with van der Waals surface area (Å²) in [5.74, 6) is 0.784. The van der Waals surface area contributed by atoms with Crippen LogP contribution in [0, 0.1) is 5.92 Å². The zero-order valence-electron chi connectivity index (χ0n) is 9.89. The largest absolute Gasteiger partial charge is 0.455 e. The van der Waals surface area contributed by atoms with Crippen molar-refractivity contribution in [3.63, 3.8) is 0 Å². The molecule has 1 aliphatic heterocycles. The molecular formula is C11H16N2O4S. The van der Waals surface area contributed by atoms with E-state index in [-0.39, 0.29) is 35.6 Å². The van der Waals surface area contributed by atoms with Crippen LogP contribution in [0.15, 0.2) is 16.5 Å². The van der Waals surface area contributed by atoms with E-state index in [1.807, 2.05) is 0 Å². The molecule has 0 saturated carbocycles. The highest BCUT2D eigenvalue weighted by Crippen LogP contribution is 2.17. The lowest BCUT2D eigenvalue weighted by atomic mass is 10.1. The number of hydrogen-bond acceptors (Lipinski definition) is 5. The molecule has 1 fully saturated rings. The number of nitrogens with one attached hydrogen (secondary N) is 1. The van der Waals surface area contributed by atoms with Crippen LogP contribution in [0.1, 0.15) is 22.7 Å². The van der Waals surface area contributed by atoms with Gasteiger partial charge in [-0.2, -0.15) is 0 Å². The van der Waals surface area contributed by atoms with Crippen LogP contribution in [-0.4, -0.2) is 32.4 Å². The van der Waals surface area contributed by atoms with Gasteiger partial charge in [-0.25, -0.2) is 8.42 Å². The Bertz CT molecular complexity index is 535. The van der Waals surface area contributed by atoms with Crippen molar-refractivity contribution in [2.45, 2.75) is 13.0 Å². The number of hydrogen-bond donors (Lipinski definition) is 2. The number of furan rings is 1. The molecule has 6 nitrogen and oxygen atoms in total. The maximum atomic E-state index is 11.7. The summed E-state index contributed by atoms with van der Waals surface area (Å²) in [6.45, 7) is 0.602. The van der Waals surface area contributed by atoms with E-state index in [0.29, 0.717) is 18.7 Å². The van der Waals surface area contributed by atoms with Gasteiger partial charge < -0.3 is 15.5 Å². The first kappa shape index (κ1) is 13.1. The van der Waals surface area contributed by atoms with Gasteiger partial charge in [-0.3, -0.25) is 4.79 Å². The fraction of sp³-hybridized carbons (Fsp3) is 0.545. The third kappa shape index (κ3) is 3.11. The summed E-state index contributed by atoms with van der Waals surface area (Å²) in [7, 11) is -2.90. The Hall–Kier alpha value is -1.34. The summed E-state index contributed by atoms with van der Waals surface area (Å²) >= 11 is 0. The molecule has 0 spiro atoms. The highest BCUT2D eigenvalue weighted by atomic mass is 32.2. The first-order valence-electron chi connectivity index (χ1n) is 5.77. The standard InChI is InChI=1S/C11H16N2O4S/c12-5-9-1-2-10(17-9)11(14)13-6-8-3-4-18(15,16)7-8/h1-2,8H,3-7,12H2,(H,13,14). The van der Waals surface area contributed by atoms with Gasteiger partial charge in [-0.15, -0.1) is 0 Å². The van der Waals surface area contributed by atoms with Crippen molar-refractivity contribution in [2.24, 2.45) is 11.7 Å². The lowest BCUT2D eigenvalue weighted by Crippen LogP contribution is -2.29. The number of carbonyl (C=O) groups excluding carboxylic acids is 1. The van der Waals surface area contributed by atoms with E-state index in [0.717, 1.165) is 0 Å². The van der Waals surface area contributed by atoms with Gasteiger partial charge in [0.1, 0.15) is 5.76 Å². The Morgan fingerprint density at radius 3 is 2.83 bits per heavy atom. The molecular weight excluding hydrogens is 256 g/mol. The second-order valence-corrected chi connectivity index (χ2v) is 6.68. The average molecular weight is 272 g/mol. The van der Waals surface area contributed by atoms with Gasteiger partial charge in [-0.05, 0) is 24.5 Å². The average Bonchev–Trinajstić information content (AvgIpc) is 2.92. The molecule has 1 aromatic heterocycles. The maximum absolute atomic E-state index is 11.7. The summed E-state index contributed by atoms with van der Waals surface area (Å²) in [4.78, 5) is 11.7. The van der Waals surface area contributed by atoms with Crippen LogP contribution in [-0.2, 0) is 16.4 Å². The number of carbonyl (C=O) groups is 1. The van der Waals surface area contributed by atoms with Crippen LogP contribution in [0.5, 0.6) is 0 Å². The van der Waals surface area contributed by atoms with Crippen molar-refractivity contribution >= 4 is 15.7 Å². The second-order valence-electron chi connectivity index (χ2n) is 4.45. The normalized spacial score (nSPS) is 21.9. The highest BCUT2D eigenvalue weighted by molar-refractivity contribution is 7.91. The molecule has 0 aliphatic carbocycles. The highest BCUT2D eigenvalue weighted by Gasteiger charge is 2.28. The van der Waals surface area contributed by atoms with Crippen molar-refractivity contribution in [1.82, 2.24) is 5.32 Å². The summed E-state index contributed by atoms with van der Waals surface area (Å²) < 4.78 is 27.7. The molecule has 1 aromatic rings. The number of amides is 1. The number of rotatable bonds is 4. The van der Waals surface area contributed by atoms with Crippen LogP contribution in [0.4, 0.5) is 0 Å². The summed E-state index contributed by atoms with van der Waals surface area (Å²) in [5, 5.41) is 2.68. The van der Waals surface area contributed by atoms with Crippen molar-refractivity contribution in [1.29, 1.82) is 0 Å². The SMILES string of the molecule is NCc1ccc(C(=O)NCC2CCS(=O)(=O)C2)o1. The molecule has 18 heavy (non-hydrogen) atoms. The van der Waals surface area contributed by atoms with Crippen LogP contribution in [0.2, 0.25) is 0 Å². The van der Waals surface area contributed by atoms with E-state index in [1.165, 1.54) is 0 Å². The molecule has 1 unspecified atom stereocenters. The summed E-state index contributed by atoms with van der Waals surface area (Å²) in [6, 6.07) is 3.21. The Labute approximate surface area is 105 Å². The minimum atomic E-state index is -2.90. The van der Waals surface area contributed by atoms with Gasteiger partial charge in [-0.1, -0.05) is 0 Å². The first-order chi connectivity index (χ1) is 8.50. The zero-order chi connectivity index (χ0) is 13.2. The number of nitrogens with two attached hydrogens (primary N) is 1. The van der Waals surface area contributed by atoms with E-state index in [1.54, 1.807) is 12.1 Å². The van der Waals surface area contributed by atoms with E-state index in [9.17, 15) is 13.2 Å². The van der Waals surface area contributed by atoms with Gasteiger partial charge in [0.05, 0.1) is 18.1 Å². The fourth-order valence-corrected chi connectivity index (χ4v) is 3.83. The molecule has 0 radical (unpaired) electrons. The molecule has 2 rings (SSSR count). The molecule has 1 saturated heterocycles. The second kappa shape index (κ2) is 5.11. The Kier molecular flexibility index (Phi) is 3.72. The Balaban J connectivity index is 1.85. The molecule has 100 valence electrons. The van der Waals surface area contributed by atoms with E-state index < -0.39 is 9.84 Å². The zero-order valence-corrected chi connectivity index (χ0v) is 10.7. The Morgan fingerprint density at radius 2 is 2.28 bits per heavy atom. The molecule has 1 atom stereocenters. The van der Waals surface area contributed by atoms with Crippen molar-refractivity contribution in [2.75, 3.05) is 18.1 Å². The lowest BCUT2D eigenvalue weighted by molar-refractivity contribution is 0.0919. The predicted octanol–water partition coefficient (Wildman–Crippen LogP) is -0.0972. The number of sulfone groups is 1. The molecule has 1 amide bonds. The third-order valence-electron chi connectivity index (χ3n) is 2.96. The molecule has 7 heteroatoms. The van der Waals surface area contributed by atoms with Gasteiger partial charge in [0.2, 0.25) is 0 Å². The van der Waals surface area contributed by atoms with Gasteiger partial charge in [0.15, 0.2) is 15.6 Å². The Morgan fingerprint density at radius 1 is 1.50 bits per heavy atom. The summed E-state index contributed by atoms with van der Waals surface area (Å²) in [5.41, 5.74) is 5.37. The van der Waals surface area contributed by atoms with Crippen LogP contribution < -0.4 is 11.1 Å². The predicted molar refractivity (Wildman–Crippen MR) is 65.7 cm³/mol. The molecule has 1 aliphatic rings. The molecule has 0 bridgehead atoms. The lowest BCUT2D eigenvalue weighted by Gasteiger charge is -2.08. The van der Waals surface area contributed by atoms with Crippen molar-refractivity contribution in [3.8, 4) is 0 Å². The van der Waals surface area contributed by atoms with E-state index in [4.69, 9.17) is 10.2 Å². The summed E-state index contributed by atoms with van der Waals surface area (Å²) in [6.07, 6.45) is 0.606. The van der Waals surface area contributed by atoms with E-state index >= 15 is 0 Å². The maximum Gasteiger partial charge on any atom is 0.287 e. The minimum absolute atomic E-state index is 0.00268. The van der Waals surface area contributed by atoms with Crippen LogP contribution in [0.25, 0.3) is 0 Å². The third-order valence-corrected chi connectivity index (χ3v) is 4.80. The topological polar surface area (TPSA) is 102 Å². The monoisotopic (exact) mass is 272 g/mol. The van der Waals surface area contributed by atoms with Gasteiger partial charge >= 0.3 is 0 Å². The first-order valence-corrected chi connectivity index (χ1v) is 7.60. The molecule has 0 aromatic carbocycles. The molecule has 3 N–H and O–H groups in total. The van der Waals surface area contributed by atoms with Gasteiger partial charge in [0.25, 0.3) is 5.91 Å². The van der Waals surface area contributed by atoms with Crippen LogP contribution in [0.3, 0.4) is 0 Å².